The van der Waals surface area contributed by atoms with Gasteiger partial charge in [-0.15, -0.1) is 0 Å². The molecular weight excluding hydrogens is 376 g/mol. The lowest BCUT2D eigenvalue weighted by Gasteiger charge is -2.25. The maximum absolute atomic E-state index is 12.3. The smallest absolute Gasteiger partial charge is 0.170 e. The monoisotopic (exact) mass is 398 g/mol. The largest absolute Gasteiger partial charge is 0.492 e. The van der Waals surface area contributed by atoms with Gasteiger partial charge in [0.15, 0.2) is 5.78 Å². The zero-order chi connectivity index (χ0) is 20.9. The van der Waals surface area contributed by atoms with Crippen LogP contribution in [0.3, 0.4) is 0 Å². The number of hydrogen-bond acceptors (Lipinski definition) is 5. The lowest BCUT2D eigenvalue weighted by molar-refractivity contribution is 0.0932. The maximum Gasteiger partial charge on any atom is 0.170 e. The predicted molar refractivity (Wildman–Crippen MR) is 113 cm³/mol. The van der Waals surface area contributed by atoms with E-state index in [1.165, 1.54) is 0 Å². The van der Waals surface area contributed by atoms with Gasteiger partial charge < -0.3 is 9.47 Å². The van der Waals surface area contributed by atoms with Gasteiger partial charge in [-0.1, -0.05) is 25.5 Å². The van der Waals surface area contributed by atoms with Crippen LogP contribution in [0.4, 0.5) is 0 Å². The van der Waals surface area contributed by atoms with Gasteiger partial charge in [-0.2, -0.15) is 5.26 Å². The van der Waals surface area contributed by atoms with Crippen LogP contribution in [-0.2, 0) is 6.42 Å². The first-order valence-corrected chi connectivity index (χ1v) is 10.1. The van der Waals surface area contributed by atoms with Gasteiger partial charge in [0.25, 0.3) is 0 Å². The molecule has 0 spiro atoms. The average Bonchev–Trinajstić information content (AvgIpc) is 2.79. The van der Waals surface area contributed by atoms with Gasteiger partial charge >= 0.3 is 0 Å². The Hall–Kier alpha value is -3.65. The summed E-state index contributed by atoms with van der Waals surface area (Å²) in [6.07, 6.45) is 5.15. The number of nitriles is 1. The minimum absolute atomic E-state index is 0.109. The highest BCUT2D eigenvalue weighted by molar-refractivity contribution is 6.00. The number of fused-ring (bicyclic) bond motifs is 1. The van der Waals surface area contributed by atoms with Gasteiger partial charge in [0.1, 0.15) is 17.6 Å². The summed E-state index contributed by atoms with van der Waals surface area (Å²) < 4.78 is 12.4. The van der Waals surface area contributed by atoms with Crippen molar-refractivity contribution in [2.24, 2.45) is 0 Å². The number of carbonyl (C=O) groups excluding carboxylic acids is 1. The highest BCUT2D eigenvalue weighted by atomic mass is 16.5. The molecule has 150 valence electrons. The van der Waals surface area contributed by atoms with Gasteiger partial charge in [0, 0.05) is 24.4 Å². The summed E-state index contributed by atoms with van der Waals surface area (Å²) in [6, 6.07) is 17.0. The maximum atomic E-state index is 12.3. The van der Waals surface area contributed by atoms with Crippen LogP contribution in [0.15, 0.2) is 60.9 Å². The molecule has 1 aliphatic rings. The number of nitrogens with zero attached hydrogens (tertiary/aromatic N) is 2. The van der Waals surface area contributed by atoms with Crippen molar-refractivity contribution in [3.8, 4) is 17.6 Å². The highest BCUT2D eigenvalue weighted by Crippen LogP contribution is 2.39. The molecular formula is C25H22N2O3. The van der Waals surface area contributed by atoms with Crippen molar-refractivity contribution in [2.45, 2.75) is 32.3 Å². The molecule has 30 heavy (non-hydrogen) atoms. The second kappa shape index (κ2) is 8.79. The molecule has 0 saturated carbocycles. The Labute approximate surface area is 175 Å². The zero-order valence-corrected chi connectivity index (χ0v) is 16.8. The van der Waals surface area contributed by atoms with Crippen LogP contribution in [0.5, 0.6) is 11.5 Å². The SMILES string of the molecule is CCCc1c(O[C@@H](c2ccncc2)c2ccc(C#N)cc2)ccc2c1OCCC2=O. The minimum atomic E-state index is -0.381. The molecule has 0 radical (unpaired) electrons. The van der Waals surface area contributed by atoms with E-state index in [2.05, 4.69) is 18.0 Å². The van der Waals surface area contributed by atoms with Crippen LogP contribution in [0, 0.1) is 11.3 Å². The van der Waals surface area contributed by atoms with E-state index in [1.54, 1.807) is 30.6 Å². The molecule has 2 aromatic carbocycles. The van der Waals surface area contributed by atoms with Crippen molar-refractivity contribution in [3.63, 3.8) is 0 Å². The summed E-state index contributed by atoms with van der Waals surface area (Å²) in [4.78, 5) is 16.4. The Morgan fingerprint density at radius 1 is 1.10 bits per heavy atom. The van der Waals surface area contributed by atoms with Crippen LogP contribution in [0.1, 0.15) is 58.5 Å². The van der Waals surface area contributed by atoms with Crippen LogP contribution < -0.4 is 9.47 Å². The third-order valence-electron chi connectivity index (χ3n) is 5.19. The average molecular weight is 398 g/mol. The van der Waals surface area contributed by atoms with E-state index in [9.17, 15) is 4.79 Å². The van der Waals surface area contributed by atoms with E-state index in [4.69, 9.17) is 14.7 Å². The first kappa shape index (κ1) is 19.7. The van der Waals surface area contributed by atoms with Crippen molar-refractivity contribution in [3.05, 3.63) is 88.7 Å². The van der Waals surface area contributed by atoms with E-state index in [-0.39, 0.29) is 11.9 Å². The highest BCUT2D eigenvalue weighted by Gasteiger charge is 2.26. The fourth-order valence-electron chi connectivity index (χ4n) is 3.70. The molecule has 0 N–H and O–H groups in total. The molecule has 0 saturated heterocycles. The number of rotatable bonds is 6. The molecule has 5 heteroatoms. The van der Waals surface area contributed by atoms with Crippen molar-refractivity contribution in [1.82, 2.24) is 4.98 Å². The van der Waals surface area contributed by atoms with Crippen LogP contribution in [-0.4, -0.2) is 17.4 Å². The van der Waals surface area contributed by atoms with Crippen molar-refractivity contribution in [1.29, 1.82) is 5.26 Å². The number of pyridine rings is 1. The first-order valence-electron chi connectivity index (χ1n) is 10.1. The number of ketones is 1. The lowest BCUT2D eigenvalue weighted by atomic mass is 9.97. The minimum Gasteiger partial charge on any atom is -0.492 e. The quantitative estimate of drug-likeness (QED) is 0.582. The van der Waals surface area contributed by atoms with Crippen LogP contribution in [0.2, 0.25) is 0 Å². The van der Waals surface area contributed by atoms with E-state index >= 15 is 0 Å². The number of benzene rings is 2. The molecule has 4 rings (SSSR count). The molecule has 2 heterocycles. The van der Waals surface area contributed by atoms with Crippen molar-refractivity contribution in [2.75, 3.05) is 6.61 Å². The predicted octanol–water partition coefficient (Wildman–Crippen LogP) is 5.04. The number of carbonyl (C=O) groups is 1. The van der Waals surface area contributed by atoms with Crippen LogP contribution in [0.25, 0.3) is 0 Å². The molecule has 1 aliphatic heterocycles. The van der Waals surface area contributed by atoms with E-state index in [0.717, 1.165) is 29.5 Å². The van der Waals surface area contributed by atoms with E-state index < -0.39 is 0 Å². The molecule has 1 atom stereocenters. The summed E-state index contributed by atoms with van der Waals surface area (Å²) in [5, 5.41) is 9.12. The summed E-state index contributed by atoms with van der Waals surface area (Å²) in [5.74, 6) is 1.47. The molecule has 0 amide bonds. The Morgan fingerprint density at radius 3 is 2.53 bits per heavy atom. The Balaban J connectivity index is 1.78. The molecule has 0 aliphatic carbocycles. The summed E-state index contributed by atoms with van der Waals surface area (Å²) in [7, 11) is 0. The second-order valence-corrected chi connectivity index (χ2v) is 7.20. The number of aromatic nitrogens is 1. The normalized spacial score (nSPS) is 13.7. The summed E-state index contributed by atoms with van der Waals surface area (Å²) >= 11 is 0. The Kier molecular flexibility index (Phi) is 5.76. The second-order valence-electron chi connectivity index (χ2n) is 7.20. The number of hydrogen-bond donors (Lipinski definition) is 0. The third kappa shape index (κ3) is 3.90. The fourth-order valence-corrected chi connectivity index (χ4v) is 3.70. The lowest BCUT2D eigenvalue weighted by Crippen LogP contribution is -2.18. The molecule has 0 fully saturated rings. The molecule has 0 unspecified atom stereocenters. The number of Topliss-reactive ketones (excluding diaryl/α,β-unsaturated/α-hetero) is 1. The summed E-state index contributed by atoms with van der Waals surface area (Å²) in [5.41, 5.74) is 4.04. The molecule has 0 bridgehead atoms. The van der Waals surface area contributed by atoms with Crippen molar-refractivity contribution >= 4 is 5.78 Å². The van der Waals surface area contributed by atoms with Gasteiger partial charge in [-0.25, -0.2) is 0 Å². The topological polar surface area (TPSA) is 72.2 Å². The van der Waals surface area contributed by atoms with Gasteiger partial charge in [0.05, 0.1) is 23.8 Å². The molecule has 1 aromatic heterocycles. The first-order chi connectivity index (χ1) is 14.7. The summed E-state index contributed by atoms with van der Waals surface area (Å²) in [6.45, 7) is 2.49. The molecule has 5 nitrogen and oxygen atoms in total. The van der Waals surface area contributed by atoms with E-state index in [1.807, 2.05) is 30.3 Å². The van der Waals surface area contributed by atoms with E-state index in [0.29, 0.717) is 35.7 Å². The van der Waals surface area contributed by atoms with Gasteiger partial charge in [0.2, 0.25) is 0 Å². The van der Waals surface area contributed by atoms with Crippen molar-refractivity contribution < 1.29 is 14.3 Å². The van der Waals surface area contributed by atoms with Gasteiger partial charge in [-0.05, 0) is 53.9 Å². The van der Waals surface area contributed by atoms with Crippen LogP contribution >= 0.6 is 0 Å². The standard InChI is InChI=1S/C25H22N2O3/c1-2-3-21-23(9-8-20-22(28)12-15-29-25(20)21)30-24(19-10-13-27-14-11-19)18-6-4-17(16-26)5-7-18/h4-11,13-14,24H,2-3,12,15H2,1H3/t24-/m1/s1. The third-order valence-corrected chi connectivity index (χ3v) is 5.19. The Bertz CT molecular complexity index is 1090. The molecule has 3 aromatic rings. The van der Waals surface area contributed by atoms with Gasteiger partial charge in [-0.3, -0.25) is 9.78 Å². The fraction of sp³-hybridized carbons (Fsp3) is 0.240. The number of ether oxygens (including phenoxy) is 2. The Morgan fingerprint density at radius 2 is 1.83 bits per heavy atom. The zero-order valence-electron chi connectivity index (χ0n) is 16.8.